The van der Waals surface area contributed by atoms with Crippen molar-refractivity contribution in [3.63, 3.8) is 0 Å². The molecule has 0 bridgehead atoms. The Kier molecular flexibility index (Phi) is 11.1. The van der Waals surface area contributed by atoms with Crippen LogP contribution < -0.4 is 37.5 Å². The fourth-order valence-corrected chi connectivity index (χ4v) is 3.47. The van der Waals surface area contributed by atoms with Crippen LogP contribution in [-0.4, -0.2) is 6.96 Å². The largest absolute Gasteiger partial charge is 1.00 e. The number of benzene rings is 4. The van der Waals surface area contributed by atoms with E-state index in [9.17, 15) is 87.8 Å². The minimum absolute atomic E-state index is 0. The Morgan fingerprint density at radius 1 is 0.200 bits per heavy atom. The monoisotopic (exact) mass is 750 g/mol. The smallest absolute Gasteiger partial charge is 0.607 e. The third-order valence-electron chi connectivity index (χ3n) is 5.73. The Hall–Kier alpha value is -4.66. The van der Waals surface area contributed by atoms with Crippen molar-refractivity contribution < 1.29 is 125 Å². The summed E-state index contributed by atoms with van der Waals surface area (Å²) in [6.45, 7) is -6.78. The molecule has 0 spiro atoms. The summed E-state index contributed by atoms with van der Waals surface area (Å²) in [5.74, 6) is -77.1. The average molecular weight is 750 g/mol. The molecule has 0 N–H and O–H groups in total. The van der Waals surface area contributed by atoms with Gasteiger partial charge in [0.1, 0.15) is 0 Å². The van der Waals surface area contributed by atoms with Crippen LogP contribution in [0.1, 0.15) is 0 Å². The van der Waals surface area contributed by atoms with Crippen LogP contribution in [0, 0.1) is 116 Å². The molecule has 0 atom stereocenters. The molecule has 26 heteroatoms. The summed E-state index contributed by atoms with van der Waals surface area (Å²) < 4.78 is 299. The van der Waals surface area contributed by atoms with E-state index in [1.165, 1.54) is 0 Å². The molecule has 0 unspecified atom stereocenters. The molecule has 4 aromatic carbocycles. The molecule has 0 amide bonds. The third-order valence-corrected chi connectivity index (χ3v) is 5.73. The Morgan fingerprint density at radius 2 is 0.300 bits per heavy atom. The quantitative estimate of drug-likeness (QED) is 0.103. The van der Waals surface area contributed by atoms with E-state index in [1.807, 2.05) is 0 Å². The second-order valence-corrected chi connectivity index (χ2v) is 8.64. The molecule has 0 heterocycles. The molecule has 0 aliphatic heterocycles. The molecule has 0 radical (unpaired) electrons. The van der Waals surface area contributed by atoms with Gasteiger partial charge in [0.2, 0.25) is 116 Å². The molecule has 4 nitrogen and oxygen atoms in total. The van der Waals surface area contributed by atoms with Crippen LogP contribution in [0.25, 0.3) is 0 Å². The first-order valence-electron chi connectivity index (χ1n) is 11.5. The fraction of sp³-hybridized carbons (Fsp3) is 0. The van der Waals surface area contributed by atoms with Gasteiger partial charge in [-0.15, -0.1) is 0 Å². The van der Waals surface area contributed by atoms with Gasteiger partial charge in [0.05, 0.1) is 0 Å². The maximum Gasteiger partial charge on any atom is 1.00 e. The Labute approximate surface area is 271 Å². The first kappa shape index (κ1) is 39.8. The second-order valence-electron chi connectivity index (χ2n) is 8.64. The molecule has 50 heavy (non-hydrogen) atoms. The molecule has 4 aromatic rings. The van der Waals surface area contributed by atoms with Gasteiger partial charge in [-0.1, -0.05) is 0 Å². The van der Waals surface area contributed by atoms with Gasteiger partial charge in [-0.3, -0.25) is 0 Å². The van der Waals surface area contributed by atoms with Crippen molar-refractivity contribution in [1.82, 2.24) is 0 Å². The molecule has 0 saturated heterocycles. The number of rotatable bonds is 8. The van der Waals surface area contributed by atoms with Gasteiger partial charge >= 0.3 is 25.8 Å². The minimum Gasteiger partial charge on any atom is -0.607 e. The van der Waals surface area contributed by atoms with Crippen molar-refractivity contribution in [2.45, 2.75) is 0 Å². The molecule has 0 aliphatic carbocycles. The first-order valence-corrected chi connectivity index (χ1v) is 11.5. The fourth-order valence-electron chi connectivity index (χ4n) is 3.47. The van der Waals surface area contributed by atoms with Crippen LogP contribution in [0.2, 0.25) is 0 Å². The summed E-state index contributed by atoms with van der Waals surface area (Å²) in [6.07, 6.45) is 0. The normalized spacial score (nSPS) is 11.4. The standard InChI is InChI=1S/C24BF20O4.Li/c26-1-5(30)13(38)21(14(39)6(1)31)46-25(47-22-15(40)7(32)2(27)8(33)16(22)41,48-23-17(42)9(34)3(28)10(35)18(23)43)49-24-19(44)11(36)4(29)12(37)20(24)45;/q-1;+1. The first-order chi connectivity index (χ1) is 22.6. The predicted octanol–water partition coefficient (Wildman–Crippen LogP) is 5.52. The summed E-state index contributed by atoms with van der Waals surface area (Å²) in [5, 5.41) is 0. The van der Waals surface area contributed by atoms with E-state index >= 15 is 0 Å². The van der Waals surface area contributed by atoms with Crippen LogP contribution >= 0.6 is 0 Å². The van der Waals surface area contributed by atoms with Crippen LogP contribution in [0.15, 0.2) is 0 Å². The SMILES string of the molecule is Fc1c(F)c(F)c(O[B-](Oc2c(F)c(F)c(F)c(F)c2F)(Oc2c(F)c(F)c(F)c(F)c2F)Oc2c(F)c(F)c(F)c(F)c2F)c(F)c1F.[Li+]. The summed E-state index contributed by atoms with van der Waals surface area (Å²) >= 11 is 0. The minimum atomic E-state index is -6.78. The van der Waals surface area contributed by atoms with Crippen LogP contribution in [0.4, 0.5) is 87.8 Å². The molecule has 264 valence electrons. The third kappa shape index (κ3) is 6.27. The summed E-state index contributed by atoms with van der Waals surface area (Å²) in [5.41, 5.74) is 0. The van der Waals surface area contributed by atoms with E-state index in [4.69, 9.17) is 0 Å². The predicted molar refractivity (Wildman–Crippen MR) is 113 cm³/mol. The van der Waals surface area contributed by atoms with Crippen LogP contribution in [0.5, 0.6) is 23.0 Å². The maximum absolute atomic E-state index is 14.6. The van der Waals surface area contributed by atoms with E-state index in [0.717, 1.165) is 0 Å². The molecule has 0 saturated carbocycles. The van der Waals surface area contributed by atoms with Gasteiger partial charge in [0.25, 0.3) is 0 Å². The Balaban J connectivity index is 0.00000676. The topological polar surface area (TPSA) is 36.9 Å². The van der Waals surface area contributed by atoms with Crippen molar-refractivity contribution in [2.75, 3.05) is 0 Å². The van der Waals surface area contributed by atoms with Crippen LogP contribution in [0.3, 0.4) is 0 Å². The van der Waals surface area contributed by atoms with Crippen molar-refractivity contribution in [1.29, 1.82) is 0 Å². The van der Waals surface area contributed by atoms with Gasteiger partial charge in [-0.25, -0.2) is 52.7 Å². The summed E-state index contributed by atoms with van der Waals surface area (Å²) in [7, 11) is 0. The zero-order chi connectivity index (χ0) is 37.2. The van der Waals surface area contributed by atoms with E-state index in [1.54, 1.807) is 0 Å². The van der Waals surface area contributed by atoms with E-state index in [-0.39, 0.29) is 18.9 Å². The van der Waals surface area contributed by atoms with E-state index < -0.39 is 146 Å². The van der Waals surface area contributed by atoms with Crippen molar-refractivity contribution in [2.24, 2.45) is 0 Å². The van der Waals surface area contributed by atoms with Crippen LogP contribution in [-0.2, 0) is 0 Å². The summed E-state index contributed by atoms with van der Waals surface area (Å²) in [6, 6.07) is 0. The molecule has 0 fully saturated rings. The molecular formula is C24BF20LiO4. The van der Waals surface area contributed by atoms with Gasteiger partial charge in [0.15, 0.2) is 23.0 Å². The van der Waals surface area contributed by atoms with Gasteiger partial charge in [0, 0.05) is 0 Å². The van der Waals surface area contributed by atoms with Crippen molar-refractivity contribution in [3.8, 4) is 23.0 Å². The van der Waals surface area contributed by atoms with Crippen molar-refractivity contribution in [3.05, 3.63) is 116 Å². The molecular weight excluding hydrogens is 750 g/mol. The number of halogens is 20. The van der Waals surface area contributed by atoms with E-state index in [0.29, 0.717) is 0 Å². The maximum atomic E-state index is 14.6. The zero-order valence-electron chi connectivity index (χ0n) is 22.8. The number of hydrogen-bond acceptors (Lipinski definition) is 4. The van der Waals surface area contributed by atoms with E-state index in [2.05, 4.69) is 18.6 Å². The average Bonchev–Trinajstić information content (AvgIpc) is 3.08. The van der Waals surface area contributed by atoms with Gasteiger partial charge in [-0.2, -0.15) is 35.1 Å². The second kappa shape index (κ2) is 13.9. The summed E-state index contributed by atoms with van der Waals surface area (Å²) in [4.78, 5) is 0. The zero-order valence-corrected chi connectivity index (χ0v) is 22.8. The Bertz CT molecular complexity index is 1660. The van der Waals surface area contributed by atoms with Gasteiger partial charge in [-0.05, 0) is 0 Å². The van der Waals surface area contributed by atoms with Gasteiger partial charge < -0.3 is 18.6 Å². The molecule has 0 aliphatic rings. The number of hydrogen-bond donors (Lipinski definition) is 0. The molecule has 0 aromatic heterocycles. The Morgan fingerprint density at radius 3 is 0.420 bits per heavy atom. The van der Waals surface area contributed by atoms with Crippen molar-refractivity contribution >= 4 is 6.96 Å². The molecule has 4 rings (SSSR count).